The molecular formula is C17H21N3O4. The van der Waals surface area contributed by atoms with Crippen molar-refractivity contribution < 1.29 is 14.7 Å². The zero-order valence-corrected chi connectivity index (χ0v) is 14.0. The van der Waals surface area contributed by atoms with Crippen LogP contribution >= 0.6 is 0 Å². The number of carbonyl (C=O) groups excluding carboxylic acids is 1. The molecule has 128 valence electrons. The maximum absolute atomic E-state index is 12.7. The molecule has 0 saturated heterocycles. The number of aryl methyl sites for hydroxylation is 1. The van der Waals surface area contributed by atoms with Crippen LogP contribution in [0.25, 0.3) is 5.65 Å². The van der Waals surface area contributed by atoms with Gasteiger partial charge < -0.3 is 10.0 Å². The second kappa shape index (κ2) is 7.25. The fraction of sp³-hybridized carbons (Fsp3) is 0.412. The molecule has 2 heterocycles. The molecule has 7 nitrogen and oxygen atoms in total. The lowest BCUT2D eigenvalue weighted by molar-refractivity contribution is -0.137. The number of carboxylic acid groups (broad SMARTS) is 1. The molecule has 2 aromatic heterocycles. The third kappa shape index (κ3) is 3.98. The average molecular weight is 331 g/mol. The first-order chi connectivity index (χ1) is 11.3. The Morgan fingerprint density at radius 2 is 2.08 bits per heavy atom. The maximum atomic E-state index is 12.7. The second-order valence-corrected chi connectivity index (χ2v) is 6.20. The zero-order chi connectivity index (χ0) is 17.9. The van der Waals surface area contributed by atoms with E-state index in [1.54, 1.807) is 18.3 Å². The van der Waals surface area contributed by atoms with E-state index in [0.717, 1.165) is 5.56 Å². The first-order valence-electron chi connectivity index (χ1n) is 7.78. The topological polar surface area (TPSA) is 92.0 Å². The van der Waals surface area contributed by atoms with Gasteiger partial charge in [-0.15, -0.1) is 0 Å². The van der Waals surface area contributed by atoms with Gasteiger partial charge in [-0.2, -0.15) is 0 Å². The molecule has 7 heteroatoms. The Hall–Kier alpha value is -2.70. The Bertz CT molecular complexity index is 826. The van der Waals surface area contributed by atoms with Gasteiger partial charge in [-0.1, -0.05) is 13.8 Å². The molecule has 0 saturated carbocycles. The fourth-order valence-corrected chi connectivity index (χ4v) is 2.44. The van der Waals surface area contributed by atoms with Gasteiger partial charge in [-0.05, 0) is 30.5 Å². The molecule has 1 amide bonds. The molecule has 0 aliphatic heterocycles. The molecule has 0 spiro atoms. The van der Waals surface area contributed by atoms with Crippen molar-refractivity contribution in [3.05, 3.63) is 46.0 Å². The Kier molecular flexibility index (Phi) is 5.33. The molecule has 0 atom stereocenters. The molecule has 0 bridgehead atoms. The molecule has 2 aromatic rings. The highest BCUT2D eigenvalue weighted by Crippen LogP contribution is 2.07. The van der Waals surface area contributed by atoms with Crippen molar-refractivity contribution in [3.63, 3.8) is 0 Å². The lowest BCUT2D eigenvalue weighted by Crippen LogP contribution is -2.39. The van der Waals surface area contributed by atoms with Crippen molar-refractivity contribution >= 4 is 17.5 Å². The van der Waals surface area contributed by atoms with Crippen LogP contribution in [0.2, 0.25) is 0 Å². The van der Waals surface area contributed by atoms with Crippen LogP contribution in [-0.2, 0) is 4.79 Å². The summed E-state index contributed by atoms with van der Waals surface area (Å²) in [7, 11) is 0. The largest absolute Gasteiger partial charge is 0.481 e. The number of hydrogen-bond donors (Lipinski definition) is 1. The second-order valence-electron chi connectivity index (χ2n) is 6.20. The van der Waals surface area contributed by atoms with Crippen LogP contribution in [0, 0.1) is 12.8 Å². The fourth-order valence-electron chi connectivity index (χ4n) is 2.44. The van der Waals surface area contributed by atoms with Gasteiger partial charge in [0.2, 0.25) is 0 Å². The number of rotatable bonds is 6. The summed E-state index contributed by atoms with van der Waals surface area (Å²) in [5, 5.41) is 8.85. The van der Waals surface area contributed by atoms with Crippen molar-refractivity contribution in [1.82, 2.24) is 14.3 Å². The normalized spacial score (nSPS) is 11.0. The summed E-state index contributed by atoms with van der Waals surface area (Å²) in [6.07, 6.45) is 2.69. The van der Waals surface area contributed by atoms with Crippen molar-refractivity contribution in [3.8, 4) is 0 Å². The maximum Gasteiger partial charge on any atom is 0.305 e. The van der Waals surface area contributed by atoms with Crippen molar-refractivity contribution in [2.45, 2.75) is 27.2 Å². The third-order valence-electron chi connectivity index (χ3n) is 3.56. The predicted octanol–water partition coefficient (Wildman–Crippen LogP) is 1.58. The molecule has 0 aromatic carbocycles. The molecule has 0 aliphatic rings. The number of carboxylic acids is 1. The number of nitrogens with zero attached hydrogens (tertiary/aromatic N) is 3. The van der Waals surface area contributed by atoms with Gasteiger partial charge in [-0.3, -0.25) is 18.8 Å². The summed E-state index contributed by atoms with van der Waals surface area (Å²) in [5.41, 5.74) is 0.929. The zero-order valence-electron chi connectivity index (χ0n) is 14.0. The minimum atomic E-state index is -0.986. The molecule has 1 N–H and O–H groups in total. The van der Waals surface area contributed by atoms with Gasteiger partial charge in [0.05, 0.1) is 6.42 Å². The van der Waals surface area contributed by atoms with Gasteiger partial charge in [-0.25, -0.2) is 4.98 Å². The van der Waals surface area contributed by atoms with Crippen LogP contribution in [0.15, 0.2) is 29.3 Å². The number of aliphatic carboxylic acids is 1. The van der Waals surface area contributed by atoms with E-state index >= 15 is 0 Å². The van der Waals surface area contributed by atoms with Crippen LogP contribution in [0.3, 0.4) is 0 Å². The first-order valence-corrected chi connectivity index (χ1v) is 7.78. The summed E-state index contributed by atoms with van der Waals surface area (Å²) in [4.78, 5) is 41.7. The molecule has 0 unspecified atom stereocenters. The first kappa shape index (κ1) is 17.7. The predicted molar refractivity (Wildman–Crippen MR) is 89.2 cm³/mol. The number of aromatic nitrogens is 2. The van der Waals surface area contributed by atoms with E-state index in [1.165, 1.54) is 15.5 Å². The summed E-state index contributed by atoms with van der Waals surface area (Å²) < 4.78 is 1.32. The number of carbonyl (C=O) groups is 2. The average Bonchev–Trinajstić information content (AvgIpc) is 2.50. The summed E-state index contributed by atoms with van der Waals surface area (Å²) in [5.74, 6) is -1.32. The van der Waals surface area contributed by atoms with E-state index in [4.69, 9.17) is 5.11 Å². The molecule has 24 heavy (non-hydrogen) atoms. The summed E-state index contributed by atoms with van der Waals surface area (Å²) >= 11 is 0. The number of hydrogen-bond acceptors (Lipinski definition) is 4. The number of amides is 1. The molecule has 2 rings (SSSR count). The van der Waals surface area contributed by atoms with Gasteiger partial charge in [0.15, 0.2) is 0 Å². The smallest absolute Gasteiger partial charge is 0.305 e. The lowest BCUT2D eigenvalue weighted by Gasteiger charge is -2.23. The van der Waals surface area contributed by atoms with E-state index in [1.807, 2.05) is 20.8 Å². The highest BCUT2D eigenvalue weighted by Gasteiger charge is 2.21. The minimum Gasteiger partial charge on any atom is -0.481 e. The third-order valence-corrected chi connectivity index (χ3v) is 3.56. The number of pyridine rings is 1. The van der Waals surface area contributed by atoms with Crippen LogP contribution in [0.1, 0.15) is 36.2 Å². The standard InChI is InChI=1S/C17H21N3O4/c1-11(2)10-19(6-5-15(21)22)16(23)13-9-18-14-8-12(3)4-7-20(14)17(13)24/h4,7-9,11H,5-6,10H2,1-3H3,(H,21,22). The van der Waals surface area contributed by atoms with E-state index in [9.17, 15) is 14.4 Å². The summed E-state index contributed by atoms with van der Waals surface area (Å²) in [6.45, 7) is 6.18. The monoisotopic (exact) mass is 331 g/mol. The van der Waals surface area contributed by atoms with Crippen LogP contribution < -0.4 is 5.56 Å². The quantitative estimate of drug-likeness (QED) is 0.867. The van der Waals surface area contributed by atoms with Crippen molar-refractivity contribution in [1.29, 1.82) is 0 Å². The van der Waals surface area contributed by atoms with Gasteiger partial charge in [0.1, 0.15) is 11.2 Å². The van der Waals surface area contributed by atoms with E-state index in [-0.39, 0.29) is 24.4 Å². The number of fused-ring (bicyclic) bond motifs is 1. The molecule has 0 radical (unpaired) electrons. The molecular weight excluding hydrogens is 310 g/mol. The van der Waals surface area contributed by atoms with Crippen LogP contribution in [0.4, 0.5) is 0 Å². The van der Waals surface area contributed by atoms with Gasteiger partial charge >= 0.3 is 5.97 Å². The van der Waals surface area contributed by atoms with E-state index in [2.05, 4.69) is 4.98 Å². The van der Waals surface area contributed by atoms with Gasteiger partial charge in [0.25, 0.3) is 11.5 Å². The Morgan fingerprint density at radius 1 is 1.38 bits per heavy atom. The summed E-state index contributed by atoms with van der Waals surface area (Å²) in [6, 6.07) is 3.52. The molecule has 0 fully saturated rings. The minimum absolute atomic E-state index is 0.0533. The SMILES string of the molecule is Cc1ccn2c(=O)c(C(=O)N(CCC(=O)O)CC(C)C)cnc2c1. The lowest BCUT2D eigenvalue weighted by atomic mass is 10.1. The highest BCUT2D eigenvalue weighted by molar-refractivity contribution is 5.94. The Morgan fingerprint density at radius 3 is 2.71 bits per heavy atom. The van der Waals surface area contributed by atoms with Crippen LogP contribution in [-0.4, -0.2) is 44.4 Å². The van der Waals surface area contributed by atoms with E-state index < -0.39 is 17.4 Å². The van der Waals surface area contributed by atoms with E-state index in [0.29, 0.717) is 12.2 Å². The van der Waals surface area contributed by atoms with Crippen molar-refractivity contribution in [2.24, 2.45) is 5.92 Å². The van der Waals surface area contributed by atoms with Crippen LogP contribution in [0.5, 0.6) is 0 Å². The molecule has 0 aliphatic carbocycles. The Labute approximate surface area is 139 Å². The Balaban J connectivity index is 2.39. The van der Waals surface area contributed by atoms with Crippen molar-refractivity contribution in [2.75, 3.05) is 13.1 Å². The highest BCUT2D eigenvalue weighted by atomic mass is 16.4. The van der Waals surface area contributed by atoms with Gasteiger partial charge in [0, 0.05) is 25.5 Å².